The minimum absolute atomic E-state index is 0.289. The summed E-state index contributed by atoms with van der Waals surface area (Å²) in [7, 11) is 0. The molecule has 0 spiro atoms. The number of nitrogens with one attached hydrogen (secondary N) is 1. The smallest absolute Gasteiger partial charge is 0.248 e. The summed E-state index contributed by atoms with van der Waals surface area (Å²) in [5.74, 6) is 0.822. The minimum Gasteiger partial charge on any atom is -0.457 e. The number of nitrogens with zero attached hydrogens (tertiary/aromatic N) is 3. The molecule has 3 aromatic carbocycles. The molecule has 5 rings (SSSR count). The van der Waals surface area contributed by atoms with Crippen molar-refractivity contribution in [3.63, 3.8) is 0 Å². The lowest BCUT2D eigenvalue weighted by atomic mass is 10.1. The van der Waals surface area contributed by atoms with Crippen LogP contribution >= 0.6 is 23.2 Å². The molecule has 0 saturated carbocycles. The van der Waals surface area contributed by atoms with Gasteiger partial charge in [-0.3, -0.25) is 4.79 Å². The molecule has 180 valence electrons. The number of fused-ring (bicyclic) bond motifs is 1. The monoisotopic (exact) mass is 516 g/mol. The maximum absolute atomic E-state index is 12.6. The Bertz CT molecular complexity index is 1600. The third kappa shape index (κ3) is 5.05. The van der Waals surface area contributed by atoms with Crippen LogP contribution in [-0.4, -0.2) is 20.9 Å². The van der Waals surface area contributed by atoms with E-state index in [4.69, 9.17) is 27.6 Å². The highest BCUT2D eigenvalue weighted by Crippen LogP contribution is 2.32. The van der Waals surface area contributed by atoms with Gasteiger partial charge in [-0.25, -0.2) is 0 Å². The van der Waals surface area contributed by atoms with Crippen molar-refractivity contribution in [2.45, 2.75) is 20.3 Å². The first kappa shape index (κ1) is 23.9. The molecule has 0 aliphatic heterocycles. The predicted octanol–water partition coefficient (Wildman–Crippen LogP) is 7.51. The van der Waals surface area contributed by atoms with Gasteiger partial charge in [0.05, 0.1) is 10.7 Å². The van der Waals surface area contributed by atoms with Crippen LogP contribution in [0.4, 0.5) is 5.69 Å². The molecule has 0 atom stereocenters. The Morgan fingerprint density at radius 1 is 1.00 bits per heavy atom. The topological polar surface area (TPSA) is 73.0 Å². The Morgan fingerprint density at radius 3 is 2.47 bits per heavy atom. The van der Waals surface area contributed by atoms with E-state index < -0.39 is 0 Å². The number of benzene rings is 3. The van der Waals surface area contributed by atoms with Crippen molar-refractivity contribution in [1.82, 2.24) is 15.0 Å². The molecule has 0 bridgehead atoms. The van der Waals surface area contributed by atoms with Gasteiger partial charge in [-0.15, -0.1) is 10.2 Å². The fourth-order valence-electron chi connectivity index (χ4n) is 3.79. The van der Waals surface area contributed by atoms with Gasteiger partial charge in [-0.05, 0) is 85.1 Å². The first-order valence-electron chi connectivity index (χ1n) is 11.4. The summed E-state index contributed by atoms with van der Waals surface area (Å²) in [6, 6.07) is 20.6. The lowest BCUT2D eigenvalue weighted by molar-refractivity contribution is -0.111. The maximum Gasteiger partial charge on any atom is 0.248 e. The van der Waals surface area contributed by atoms with E-state index in [0.29, 0.717) is 32.8 Å². The van der Waals surface area contributed by atoms with Crippen molar-refractivity contribution in [2.24, 2.45) is 0 Å². The summed E-state index contributed by atoms with van der Waals surface area (Å²) < 4.78 is 5.82. The van der Waals surface area contributed by atoms with Crippen LogP contribution in [0.3, 0.4) is 0 Å². The van der Waals surface area contributed by atoms with Crippen molar-refractivity contribution in [3.8, 4) is 17.0 Å². The number of furan rings is 1. The van der Waals surface area contributed by atoms with Crippen LogP contribution in [0, 0.1) is 6.92 Å². The van der Waals surface area contributed by atoms with E-state index in [0.717, 1.165) is 28.8 Å². The second-order valence-electron chi connectivity index (χ2n) is 8.31. The molecule has 6 nitrogen and oxygen atoms in total. The van der Waals surface area contributed by atoms with Crippen LogP contribution in [-0.2, 0) is 11.2 Å². The zero-order chi connectivity index (χ0) is 25.2. The molecular formula is C28H22Cl2N4O2. The van der Waals surface area contributed by atoms with Crippen molar-refractivity contribution in [3.05, 3.63) is 99.7 Å². The summed E-state index contributed by atoms with van der Waals surface area (Å²) in [4.78, 5) is 14.2. The van der Waals surface area contributed by atoms with E-state index >= 15 is 0 Å². The van der Waals surface area contributed by atoms with E-state index in [1.54, 1.807) is 41.2 Å². The number of rotatable bonds is 6. The number of amides is 1. The van der Waals surface area contributed by atoms with Gasteiger partial charge in [0.1, 0.15) is 22.6 Å². The molecular weight excluding hydrogens is 495 g/mol. The lowest BCUT2D eigenvalue weighted by Gasteiger charge is -2.05. The molecule has 0 aliphatic rings. The fraction of sp³-hybridized carbons (Fsp3) is 0.107. The Morgan fingerprint density at radius 2 is 1.75 bits per heavy atom. The highest BCUT2D eigenvalue weighted by molar-refractivity contribution is 6.36. The van der Waals surface area contributed by atoms with E-state index in [1.165, 1.54) is 11.6 Å². The molecule has 1 amide bonds. The molecule has 5 aromatic rings. The van der Waals surface area contributed by atoms with Gasteiger partial charge in [-0.2, -0.15) is 4.80 Å². The van der Waals surface area contributed by atoms with E-state index in [-0.39, 0.29) is 5.91 Å². The largest absolute Gasteiger partial charge is 0.457 e. The number of hydrogen-bond donors (Lipinski definition) is 1. The minimum atomic E-state index is -0.289. The second-order valence-corrected chi connectivity index (χ2v) is 9.16. The third-order valence-corrected chi connectivity index (χ3v) is 6.33. The first-order valence-corrected chi connectivity index (χ1v) is 12.2. The number of carbonyl (C=O) groups excluding carboxylic acids is 1. The predicted molar refractivity (Wildman–Crippen MR) is 145 cm³/mol. The van der Waals surface area contributed by atoms with Gasteiger partial charge >= 0.3 is 0 Å². The summed E-state index contributed by atoms with van der Waals surface area (Å²) in [5.41, 5.74) is 5.85. The second kappa shape index (κ2) is 10.0. The molecule has 0 fully saturated rings. The molecule has 0 saturated heterocycles. The molecule has 8 heteroatoms. The fourth-order valence-corrected chi connectivity index (χ4v) is 4.29. The highest BCUT2D eigenvalue weighted by atomic mass is 35.5. The van der Waals surface area contributed by atoms with Crippen LogP contribution in [0.2, 0.25) is 10.0 Å². The van der Waals surface area contributed by atoms with Gasteiger partial charge in [0.25, 0.3) is 0 Å². The van der Waals surface area contributed by atoms with Crippen LogP contribution in [0.25, 0.3) is 34.1 Å². The summed E-state index contributed by atoms with van der Waals surface area (Å²) >= 11 is 12.2. The van der Waals surface area contributed by atoms with Crippen LogP contribution in [0.5, 0.6) is 0 Å². The first-order chi connectivity index (χ1) is 17.4. The Hall–Kier alpha value is -3.87. The van der Waals surface area contributed by atoms with E-state index in [1.807, 2.05) is 31.2 Å². The number of carbonyl (C=O) groups is 1. The van der Waals surface area contributed by atoms with Crippen molar-refractivity contribution >= 4 is 51.9 Å². The number of hydrogen-bond acceptors (Lipinski definition) is 4. The van der Waals surface area contributed by atoms with Gasteiger partial charge in [0.2, 0.25) is 5.91 Å². The van der Waals surface area contributed by atoms with Gasteiger partial charge in [0, 0.05) is 22.3 Å². The van der Waals surface area contributed by atoms with E-state index in [2.05, 4.69) is 34.6 Å². The number of aromatic nitrogens is 3. The number of aryl methyl sites for hydroxylation is 2. The number of halogens is 2. The van der Waals surface area contributed by atoms with Gasteiger partial charge in [-0.1, -0.05) is 42.3 Å². The number of anilines is 1. The average Bonchev–Trinajstić information content (AvgIpc) is 3.50. The Labute approximate surface area is 218 Å². The molecule has 0 radical (unpaired) electrons. The van der Waals surface area contributed by atoms with Crippen LogP contribution < -0.4 is 5.32 Å². The summed E-state index contributed by atoms with van der Waals surface area (Å²) in [5, 5.41) is 13.1. The average molecular weight is 517 g/mol. The summed E-state index contributed by atoms with van der Waals surface area (Å²) in [6.45, 7) is 4.04. The van der Waals surface area contributed by atoms with Crippen molar-refractivity contribution in [1.29, 1.82) is 0 Å². The van der Waals surface area contributed by atoms with E-state index in [9.17, 15) is 4.79 Å². The zero-order valence-corrected chi connectivity index (χ0v) is 21.1. The van der Waals surface area contributed by atoms with Crippen molar-refractivity contribution < 1.29 is 9.21 Å². The summed E-state index contributed by atoms with van der Waals surface area (Å²) in [6.07, 6.45) is 4.00. The standard InChI is InChI=1S/C28H22Cl2N4O2/c1-3-18-4-7-20(8-5-18)34-32-25-14-17(2)24(16-26(25)33-34)31-28(35)13-10-21-9-12-27(36-21)22-11-6-19(29)15-23(22)30/h4-16H,3H2,1-2H3,(H,31,35)/b13-10+. The van der Waals surface area contributed by atoms with Crippen LogP contribution in [0.1, 0.15) is 23.8 Å². The maximum atomic E-state index is 12.6. The molecule has 2 heterocycles. The SMILES string of the molecule is CCc1ccc(-n2nc3cc(C)c(NC(=O)/C=C/c4ccc(-c5ccc(Cl)cc5Cl)o4)cc3n2)cc1. The highest BCUT2D eigenvalue weighted by Gasteiger charge is 2.11. The Balaban J connectivity index is 1.31. The molecule has 0 unspecified atom stereocenters. The van der Waals surface area contributed by atoms with Crippen molar-refractivity contribution in [2.75, 3.05) is 5.32 Å². The molecule has 0 aliphatic carbocycles. The molecule has 2 aromatic heterocycles. The van der Waals surface area contributed by atoms with Gasteiger partial charge < -0.3 is 9.73 Å². The normalized spacial score (nSPS) is 11.4. The van der Waals surface area contributed by atoms with Crippen LogP contribution in [0.15, 0.2) is 77.2 Å². The zero-order valence-electron chi connectivity index (χ0n) is 19.6. The van der Waals surface area contributed by atoms with Gasteiger partial charge in [0.15, 0.2) is 0 Å². The Kier molecular flexibility index (Phi) is 6.63. The third-order valence-electron chi connectivity index (χ3n) is 5.78. The molecule has 1 N–H and O–H groups in total. The molecule has 36 heavy (non-hydrogen) atoms. The quantitative estimate of drug-likeness (QED) is 0.237. The lowest BCUT2D eigenvalue weighted by Crippen LogP contribution is -2.08.